The summed E-state index contributed by atoms with van der Waals surface area (Å²) in [5.74, 6) is -0.334. The lowest BCUT2D eigenvalue weighted by Gasteiger charge is -2.07. The maximum absolute atomic E-state index is 12.3. The topological polar surface area (TPSA) is 62.0 Å². The lowest BCUT2D eigenvalue weighted by molar-refractivity contribution is 0.102. The second-order valence-electron chi connectivity index (χ2n) is 4.78. The summed E-state index contributed by atoms with van der Waals surface area (Å²) in [5, 5.41) is 4.10. The van der Waals surface area contributed by atoms with Crippen LogP contribution >= 0.6 is 11.8 Å². The van der Waals surface area contributed by atoms with Crippen LogP contribution in [0.25, 0.3) is 10.8 Å². The molecule has 3 rings (SSSR count). The summed E-state index contributed by atoms with van der Waals surface area (Å²) in [4.78, 5) is 28.0. The highest BCUT2D eigenvalue weighted by atomic mass is 32.2. The fraction of sp³-hybridized carbons (Fsp3) is 0.0588. The Morgan fingerprint density at radius 1 is 1.09 bits per heavy atom. The van der Waals surface area contributed by atoms with Gasteiger partial charge in [0.2, 0.25) is 0 Å². The van der Waals surface area contributed by atoms with Gasteiger partial charge in [0.1, 0.15) is 5.69 Å². The number of H-pyrrole nitrogens is 1. The molecule has 1 amide bonds. The minimum Gasteiger partial charge on any atom is -0.321 e. The van der Waals surface area contributed by atoms with Gasteiger partial charge < -0.3 is 10.3 Å². The van der Waals surface area contributed by atoms with Crippen LogP contribution in [0, 0.1) is 0 Å². The summed E-state index contributed by atoms with van der Waals surface area (Å²) >= 11 is 1.64. The summed E-state index contributed by atoms with van der Waals surface area (Å²) in [6.07, 6.45) is 1.99. The average Bonchev–Trinajstić information content (AvgIpc) is 2.55. The van der Waals surface area contributed by atoms with Crippen molar-refractivity contribution in [2.24, 2.45) is 0 Å². The first-order valence-corrected chi connectivity index (χ1v) is 7.97. The van der Waals surface area contributed by atoms with Gasteiger partial charge in [0.15, 0.2) is 0 Å². The molecule has 0 radical (unpaired) electrons. The van der Waals surface area contributed by atoms with Crippen molar-refractivity contribution in [1.29, 1.82) is 0 Å². The van der Waals surface area contributed by atoms with Gasteiger partial charge in [0.25, 0.3) is 11.5 Å². The Labute approximate surface area is 131 Å². The number of carbonyl (C=O) groups is 1. The zero-order valence-electron chi connectivity index (χ0n) is 11.9. The maximum Gasteiger partial charge on any atom is 0.272 e. The lowest BCUT2D eigenvalue weighted by Crippen LogP contribution is -2.18. The van der Waals surface area contributed by atoms with Gasteiger partial charge in [-0.1, -0.05) is 18.2 Å². The van der Waals surface area contributed by atoms with E-state index >= 15 is 0 Å². The number of hydrogen-bond donors (Lipinski definition) is 2. The van der Waals surface area contributed by atoms with Gasteiger partial charge in [-0.3, -0.25) is 9.59 Å². The number of anilines is 1. The lowest BCUT2D eigenvalue weighted by atomic mass is 10.1. The number of aromatic nitrogens is 1. The molecule has 0 aliphatic carbocycles. The van der Waals surface area contributed by atoms with Crippen LogP contribution in [-0.2, 0) is 0 Å². The molecule has 110 valence electrons. The van der Waals surface area contributed by atoms with Gasteiger partial charge in [0, 0.05) is 16.0 Å². The van der Waals surface area contributed by atoms with Gasteiger partial charge in [-0.25, -0.2) is 0 Å². The van der Waals surface area contributed by atoms with E-state index in [2.05, 4.69) is 10.3 Å². The van der Waals surface area contributed by atoms with Crippen LogP contribution in [0.15, 0.2) is 64.3 Å². The predicted molar refractivity (Wildman–Crippen MR) is 90.7 cm³/mol. The van der Waals surface area contributed by atoms with Crippen molar-refractivity contribution in [1.82, 2.24) is 4.98 Å². The monoisotopic (exact) mass is 310 g/mol. The summed E-state index contributed by atoms with van der Waals surface area (Å²) < 4.78 is 0. The second-order valence-corrected chi connectivity index (χ2v) is 5.66. The van der Waals surface area contributed by atoms with Gasteiger partial charge in [-0.15, -0.1) is 11.8 Å². The average molecular weight is 310 g/mol. The third-order valence-electron chi connectivity index (χ3n) is 3.35. The van der Waals surface area contributed by atoms with Crippen molar-refractivity contribution in [2.75, 3.05) is 11.6 Å². The molecule has 0 spiro atoms. The fourth-order valence-corrected chi connectivity index (χ4v) is 2.61. The molecule has 3 aromatic rings. The minimum absolute atomic E-state index is 0.248. The third kappa shape index (κ3) is 2.89. The Morgan fingerprint density at radius 2 is 1.82 bits per heavy atom. The molecule has 5 heteroatoms. The van der Waals surface area contributed by atoms with Gasteiger partial charge in [-0.2, -0.15) is 0 Å². The number of carbonyl (C=O) groups excluding carboxylic acids is 1. The maximum atomic E-state index is 12.3. The Morgan fingerprint density at radius 3 is 2.55 bits per heavy atom. The first kappa shape index (κ1) is 14.4. The minimum atomic E-state index is -0.334. The van der Waals surface area contributed by atoms with Crippen LogP contribution in [0.4, 0.5) is 5.69 Å². The summed E-state index contributed by atoms with van der Waals surface area (Å²) in [7, 11) is 0. The van der Waals surface area contributed by atoms with Crippen LogP contribution in [0.5, 0.6) is 0 Å². The van der Waals surface area contributed by atoms with E-state index in [1.807, 2.05) is 42.7 Å². The van der Waals surface area contributed by atoms with Crippen LogP contribution in [0.2, 0.25) is 0 Å². The molecule has 2 aromatic carbocycles. The van der Waals surface area contributed by atoms with Crippen LogP contribution < -0.4 is 10.9 Å². The third-order valence-corrected chi connectivity index (χ3v) is 4.09. The summed E-state index contributed by atoms with van der Waals surface area (Å²) in [6.45, 7) is 0. The van der Waals surface area contributed by atoms with E-state index in [1.165, 1.54) is 0 Å². The predicted octanol–water partition coefficient (Wildman–Crippen LogP) is 3.50. The molecule has 0 aliphatic heterocycles. The van der Waals surface area contributed by atoms with E-state index in [0.717, 1.165) is 10.3 Å². The van der Waals surface area contributed by atoms with E-state index in [0.29, 0.717) is 11.1 Å². The number of nitrogens with one attached hydrogen (secondary N) is 2. The Balaban J connectivity index is 1.89. The van der Waals surface area contributed by atoms with E-state index in [-0.39, 0.29) is 17.2 Å². The molecular formula is C17H14N2O2S. The van der Waals surface area contributed by atoms with E-state index in [4.69, 9.17) is 0 Å². The molecular weight excluding hydrogens is 296 g/mol. The molecule has 4 nitrogen and oxygen atoms in total. The zero-order chi connectivity index (χ0) is 15.5. The highest BCUT2D eigenvalue weighted by Crippen LogP contribution is 2.18. The molecule has 0 aliphatic rings. The number of rotatable bonds is 3. The quantitative estimate of drug-likeness (QED) is 0.728. The molecule has 0 saturated carbocycles. The number of aromatic amines is 1. The zero-order valence-corrected chi connectivity index (χ0v) is 12.7. The molecule has 1 aromatic heterocycles. The highest BCUT2D eigenvalue weighted by molar-refractivity contribution is 7.98. The molecule has 2 N–H and O–H groups in total. The molecule has 0 saturated heterocycles. The van der Waals surface area contributed by atoms with Crippen molar-refractivity contribution in [3.63, 3.8) is 0 Å². The summed E-state index contributed by atoms with van der Waals surface area (Å²) in [6, 6.07) is 16.4. The number of pyridine rings is 1. The van der Waals surface area contributed by atoms with Crippen molar-refractivity contribution in [3.8, 4) is 0 Å². The molecule has 1 heterocycles. The van der Waals surface area contributed by atoms with Crippen LogP contribution in [0.1, 0.15) is 10.5 Å². The Hall–Kier alpha value is -2.53. The van der Waals surface area contributed by atoms with Crippen molar-refractivity contribution < 1.29 is 4.79 Å². The fourth-order valence-electron chi connectivity index (χ4n) is 2.21. The van der Waals surface area contributed by atoms with Crippen LogP contribution in [0.3, 0.4) is 0 Å². The second kappa shape index (κ2) is 6.07. The van der Waals surface area contributed by atoms with E-state index < -0.39 is 0 Å². The highest BCUT2D eigenvalue weighted by Gasteiger charge is 2.09. The number of amides is 1. The largest absolute Gasteiger partial charge is 0.321 e. The van der Waals surface area contributed by atoms with Crippen LogP contribution in [-0.4, -0.2) is 17.1 Å². The molecule has 0 atom stereocenters. The Bertz CT molecular complexity index is 885. The van der Waals surface area contributed by atoms with E-state index in [1.54, 1.807) is 30.0 Å². The SMILES string of the molecule is CSc1ccc(NC(=O)c2cc3ccccc3c(=O)[nH]2)cc1. The molecule has 0 unspecified atom stereocenters. The van der Waals surface area contributed by atoms with E-state index in [9.17, 15) is 9.59 Å². The molecule has 0 bridgehead atoms. The van der Waals surface area contributed by atoms with Gasteiger partial charge in [-0.05, 0) is 48.0 Å². The summed E-state index contributed by atoms with van der Waals surface area (Å²) in [5.41, 5.74) is 0.676. The van der Waals surface area contributed by atoms with Crippen molar-refractivity contribution >= 4 is 34.1 Å². The number of hydrogen-bond acceptors (Lipinski definition) is 3. The van der Waals surface area contributed by atoms with Crippen molar-refractivity contribution in [3.05, 3.63) is 70.6 Å². The van der Waals surface area contributed by atoms with Gasteiger partial charge in [0.05, 0.1) is 0 Å². The van der Waals surface area contributed by atoms with Crippen molar-refractivity contribution in [2.45, 2.75) is 4.90 Å². The smallest absolute Gasteiger partial charge is 0.272 e. The first-order valence-electron chi connectivity index (χ1n) is 6.75. The number of thioether (sulfide) groups is 1. The number of fused-ring (bicyclic) bond motifs is 1. The first-order chi connectivity index (χ1) is 10.7. The molecule has 22 heavy (non-hydrogen) atoms. The number of benzene rings is 2. The van der Waals surface area contributed by atoms with Gasteiger partial charge >= 0.3 is 0 Å². The standard InChI is InChI=1S/C17H14N2O2S/c1-22-13-8-6-12(7-9-13)18-17(21)15-10-11-4-2-3-5-14(11)16(20)19-15/h2-10H,1H3,(H,18,21)(H,19,20). The normalized spacial score (nSPS) is 10.6. The molecule has 0 fully saturated rings. The Kier molecular flexibility index (Phi) is 3.98.